The molecule has 6 nitrogen and oxygen atoms in total. The van der Waals surface area contributed by atoms with Crippen LogP contribution in [-0.4, -0.2) is 30.8 Å². The van der Waals surface area contributed by atoms with Gasteiger partial charge in [-0.05, 0) is 24.5 Å². The molecule has 3 aromatic rings. The molecule has 0 aliphatic rings. The van der Waals surface area contributed by atoms with E-state index in [1.165, 1.54) is 34.5 Å². The van der Waals surface area contributed by atoms with E-state index in [1.807, 2.05) is 6.26 Å². The number of aromatic nitrogens is 5. The van der Waals surface area contributed by atoms with Crippen LogP contribution in [0.15, 0.2) is 23.4 Å². The summed E-state index contributed by atoms with van der Waals surface area (Å²) in [6.07, 6.45) is 1.84. The molecule has 20 heavy (non-hydrogen) atoms. The van der Waals surface area contributed by atoms with Crippen LogP contribution >= 0.6 is 23.4 Å². The molecular formula is C11H8ClFN6S. The molecule has 0 saturated heterocycles. The van der Waals surface area contributed by atoms with Gasteiger partial charge < -0.3 is 5.73 Å². The zero-order chi connectivity index (χ0) is 14.3. The van der Waals surface area contributed by atoms with Crippen molar-refractivity contribution in [2.24, 2.45) is 0 Å². The smallest absolute Gasteiger partial charge is 0.258 e. The standard InChI is InChI=1S/C11H8ClFN6S/c1-20-11-16-9(14)19-10(17-11)15-8(18-19)5-2-3-7(13)6(12)4-5/h2-4H,1H3,(H2,14,15,16,17,18). The van der Waals surface area contributed by atoms with Crippen molar-refractivity contribution in [2.45, 2.75) is 5.16 Å². The highest BCUT2D eigenvalue weighted by Crippen LogP contribution is 2.23. The number of benzene rings is 1. The average Bonchev–Trinajstić information content (AvgIpc) is 2.86. The van der Waals surface area contributed by atoms with E-state index in [9.17, 15) is 4.39 Å². The molecule has 9 heteroatoms. The number of nitrogens with two attached hydrogens (primary N) is 1. The maximum Gasteiger partial charge on any atom is 0.258 e. The minimum atomic E-state index is -0.497. The molecule has 102 valence electrons. The first-order valence-corrected chi connectivity index (χ1v) is 7.08. The van der Waals surface area contributed by atoms with Crippen LogP contribution in [0.4, 0.5) is 10.3 Å². The maximum atomic E-state index is 13.2. The molecule has 0 spiro atoms. The molecular weight excluding hydrogens is 303 g/mol. The third kappa shape index (κ3) is 2.16. The van der Waals surface area contributed by atoms with E-state index in [-0.39, 0.29) is 11.0 Å². The third-order valence-electron chi connectivity index (χ3n) is 2.57. The molecule has 3 rings (SSSR count). The van der Waals surface area contributed by atoms with Gasteiger partial charge in [-0.1, -0.05) is 23.4 Å². The Balaban J connectivity index is 2.17. The van der Waals surface area contributed by atoms with Crippen LogP contribution in [0.5, 0.6) is 0 Å². The summed E-state index contributed by atoms with van der Waals surface area (Å²) in [7, 11) is 0. The summed E-state index contributed by atoms with van der Waals surface area (Å²) >= 11 is 7.10. The van der Waals surface area contributed by atoms with Crippen LogP contribution in [0.1, 0.15) is 0 Å². The molecule has 0 atom stereocenters. The van der Waals surface area contributed by atoms with E-state index >= 15 is 0 Å². The average molecular weight is 311 g/mol. The number of hydrogen-bond acceptors (Lipinski definition) is 6. The lowest BCUT2D eigenvalue weighted by molar-refractivity contribution is 0.628. The lowest BCUT2D eigenvalue weighted by Gasteiger charge is -1.98. The Bertz CT molecular complexity index is 805. The summed E-state index contributed by atoms with van der Waals surface area (Å²) in [4.78, 5) is 12.5. The first kappa shape index (κ1) is 13.1. The van der Waals surface area contributed by atoms with E-state index in [1.54, 1.807) is 0 Å². The lowest BCUT2D eigenvalue weighted by Crippen LogP contribution is -2.04. The second kappa shape index (κ2) is 4.88. The number of anilines is 1. The fraction of sp³-hybridized carbons (Fsp3) is 0.0909. The van der Waals surface area contributed by atoms with Crippen molar-refractivity contribution in [2.75, 3.05) is 12.0 Å². The van der Waals surface area contributed by atoms with Gasteiger partial charge in [0.25, 0.3) is 5.78 Å². The number of rotatable bonds is 2. The van der Waals surface area contributed by atoms with Gasteiger partial charge in [0, 0.05) is 5.56 Å². The Kier molecular flexibility index (Phi) is 3.19. The molecule has 1 aromatic carbocycles. The molecule has 0 aliphatic carbocycles. The van der Waals surface area contributed by atoms with E-state index in [0.29, 0.717) is 22.3 Å². The summed E-state index contributed by atoms with van der Waals surface area (Å²) in [6, 6.07) is 4.24. The Morgan fingerprint density at radius 3 is 2.80 bits per heavy atom. The van der Waals surface area contributed by atoms with Crippen molar-refractivity contribution in [3.05, 3.63) is 29.0 Å². The molecule has 2 aromatic heterocycles. The molecule has 0 saturated carbocycles. The third-order valence-corrected chi connectivity index (χ3v) is 3.41. The Morgan fingerprint density at radius 1 is 1.30 bits per heavy atom. The second-order valence-corrected chi connectivity index (χ2v) is 5.03. The highest BCUT2D eigenvalue weighted by molar-refractivity contribution is 7.98. The van der Waals surface area contributed by atoms with Crippen molar-refractivity contribution in [1.29, 1.82) is 0 Å². The SMILES string of the molecule is CSc1nc(N)n2nc(-c3ccc(F)c(Cl)c3)nc2n1. The monoisotopic (exact) mass is 310 g/mol. The zero-order valence-electron chi connectivity index (χ0n) is 10.2. The Hall–Kier alpha value is -1.93. The second-order valence-electron chi connectivity index (χ2n) is 3.84. The van der Waals surface area contributed by atoms with Gasteiger partial charge in [0.15, 0.2) is 11.0 Å². The van der Waals surface area contributed by atoms with E-state index in [2.05, 4.69) is 20.1 Å². The minimum absolute atomic E-state index is 0.00483. The number of fused-ring (bicyclic) bond motifs is 1. The Morgan fingerprint density at radius 2 is 2.10 bits per heavy atom. The molecule has 2 heterocycles. The van der Waals surface area contributed by atoms with Crippen molar-refractivity contribution in [3.63, 3.8) is 0 Å². The first-order valence-electron chi connectivity index (χ1n) is 5.48. The molecule has 0 unspecified atom stereocenters. The lowest BCUT2D eigenvalue weighted by atomic mass is 10.2. The van der Waals surface area contributed by atoms with Crippen LogP contribution in [-0.2, 0) is 0 Å². The van der Waals surface area contributed by atoms with Gasteiger partial charge >= 0.3 is 0 Å². The van der Waals surface area contributed by atoms with Gasteiger partial charge in [-0.15, -0.1) is 5.10 Å². The number of nitrogen functional groups attached to an aromatic ring is 1. The summed E-state index contributed by atoms with van der Waals surface area (Å²) < 4.78 is 14.5. The highest BCUT2D eigenvalue weighted by atomic mass is 35.5. The van der Waals surface area contributed by atoms with Crippen LogP contribution in [0.3, 0.4) is 0 Å². The number of thioether (sulfide) groups is 1. The summed E-state index contributed by atoms with van der Waals surface area (Å²) in [5.41, 5.74) is 6.36. The van der Waals surface area contributed by atoms with Gasteiger partial charge in [-0.2, -0.15) is 19.5 Å². The van der Waals surface area contributed by atoms with Crippen molar-refractivity contribution >= 4 is 35.1 Å². The Labute approximate surface area is 122 Å². The fourth-order valence-electron chi connectivity index (χ4n) is 1.63. The predicted octanol–water partition coefficient (Wildman–Crippen LogP) is 2.28. The molecule has 0 radical (unpaired) electrons. The first-order chi connectivity index (χ1) is 9.58. The normalized spacial score (nSPS) is 11.2. The van der Waals surface area contributed by atoms with Crippen molar-refractivity contribution in [1.82, 2.24) is 24.6 Å². The summed E-state index contributed by atoms with van der Waals surface area (Å²) in [5.74, 6) is 0.373. The van der Waals surface area contributed by atoms with Gasteiger partial charge in [0.2, 0.25) is 5.95 Å². The summed E-state index contributed by atoms with van der Waals surface area (Å²) in [6.45, 7) is 0. The molecule has 0 amide bonds. The number of halogens is 2. The molecule has 2 N–H and O–H groups in total. The fourth-order valence-corrected chi connectivity index (χ4v) is 2.17. The summed E-state index contributed by atoms with van der Waals surface area (Å²) in [5, 5.41) is 4.70. The topological polar surface area (TPSA) is 82.0 Å². The molecule has 0 fully saturated rings. The van der Waals surface area contributed by atoms with Crippen LogP contribution in [0, 0.1) is 5.82 Å². The van der Waals surface area contributed by atoms with Crippen molar-refractivity contribution in [3.8, 4) is 11.4 Å². The van der Waals surface area contributed by atoms with E-state index in [0.717, 1.165) is 0 Å². The highest BCUT2D eigenvalue weighted by Gasteiger charge is 2.13. The quantitative estimate of drug-likeness (QED) is 0.731. The van der Waals surface area contributed by atoms with E-state index in [4.69, 9.17) is 17.3 Å². The number of hydrogen-bond donors (Lipinski definition) is 1. The van der Waals surface area contributed by atoms with Crippen LogP contribution < -0.4 is 5.73 Å². The predicted molar refractivity (Wildman–Crippen MR) is 75.2 cm³/mol. The number of nitrogens with zero attached hydrogens (tertiary/aromatic N) is 5. The van der Waals surface area contributed by atoms with Crippen LogP contribution in [0.2, 0.25) is 5.02 Å². The van der Waals surface area contributed by atoms with Gasteiger partial charge in [0.1, 0.15) is 5.82 Å². The van der Waals surface area contributed by atoms with Gasteiger partial charge in [-0.3, -0.25) is 0 Å². The zero-order valence-corrected chi connectivity index (χ0v) is 11.8. The largest absolute Gasteiger partial charge is 0.368 e. The molecule has 0 bridgehead atoms. The van der Waals surface area contributed by atoms with E-state index < -0.39 is 5.82 Å². The van der Waals surface area contributed by atoms with Gasteiger partial charge in [0.05, 0.1) is 5.02 Å². The van der Waals surface area contributed by atoms with Crippen LogP contribution in [0.25, 0.3) is 17.2 Å². The maximum absolute atomic E-state index is 13.2. The minimum Gasteiger partial charge on any atom is -0.368 e. The van der Waals surface area contributed by atoms with Gasteiger partial charge in [-0.25, -0.2) is 4.39 Å². The molecule has 0 aliphatic heterocycles. The van der Waals surface area contributed by atoms with Crippen molar-refractivity contribution < 1.29 is 4.39 Å².